The maximum Gasteiger partial charge on any atom is 0.287 e. The molecule has 0 aromatic carbocycles. The Bertz CT molecular complexity index is 733. The number of rotatable bonds is 5. The van der Waals surface area contributed by atoms with Crippen molar-refractivity contribution in [2.24, 2.45) is 0 Å². The minimum Gasteiger partial charge on any atom is -0.444 e. The molecule has 0 atom stereocenters. The number of carbonyl (C=O) groups is 1. The number of amides is 1. The van der Waals surface area contributed by atoms with Crippen LogP contribution in [0.1, 0.15) is 16.2 Å². The molecule has 3 aromatic rings. The predicted molar refractivity (Wildman–Crippen MR) is 84.3 cm³/mol. The van der Waals surface area contributed by atoms with Crippen molar-refractivity contribution in [1.29, 1.82) is 0 Å². The monoisotopic (exact) mass is 365 g/mol. The molecule has 3 heterocycles. The van der Waals surface area contributed by atoms with E-state index in [-0.39, 0.29) is 5.91 Å². The third-order valence-corrected chi connectivity index (χ3v) is 4.23. The molecule has 0 unspecified atom stereocenters. The van der Waals surface area contributed by atoms with Crippen LogP contribution in [0.4, 0.5) is 0 Å². The highest BCUT2D eigenvalue weighted by molar-refractivity contribution is 9.10. The van der Waals surface area contributed by atoms with E-state index in [1.54, 1.807) is 29.8 Å². The number of thiophene rings is 1. The Morgan fingerprint density at radius 3 is 3.05 bits per heavy atom. The molecule has 21 heavy (non-hydrogen) atoms. The summed E-state index contributed by atoms with van der Waals surface area (Å²) in [6.45, 7) is 0.512. The van der Waals surface area contributed by atoms with E-state index in [1.165, 1.54) is 0 Å². The van der Waals surface area contributed by atoms with Gasteiger partial charge in [0.2, 0.25) is 0 Å². The van der Waals surface area contributed by atoms with E-state index < -0.39 is 0 Å². The van der Waals surface area contributed by atoms with Gasteiger partial charge < -0.3 is 14.7 Å². The molecule has 0 aliphatic carbocycles. The van der Waals surface area contributed by atoms with Gasteiger partial charge in [-0.2, -0.15) is 0 Å². The first-order chi connectivity index (χ1) is 10.2. The van der Waals surface area contributed by atoms with E-state index in [1.807, 2.05) is 17.5 Å². The van der Waals surface area contributed by atoms with Crippen LogP contribution in [0.15, 0.2) is 45.1 Å². The molecule has 0 bridgehead atoms. The number of nitrogens with zero attached hydrogens (tertiary/aromatic N) is 1. The highest BCUT2D eigenvalue weighted by Gasteiger charge is 2.12. The number of carbonyl (C=O) groups excluding carboxylic acids is 1. The molecule has 0 saturated heterocycles. The van der Waals surface area contributed by atoms with Gasteiger partial charge in [0.25, 0.3) is 5.91 Å². The second kappa shape index (κ2) is 6.28. The molecule has 108 valence electrons. The van der Waals surface area contributed by atoms with Gasteiger partial charge >= 0.3 is 0 Å². The molecule has 0 saturated carbocycles. The van der Waals surface area contributed by atoms with E-state index in [0.717, 1.165) is 16.3 Å². The van der Waals surface area contributed by atoms with E-state index in [4.69, 9.17) is 4.42 Å². The number of imidazole rings is 1. The Balaban J connectivity index is 1.59. The van der Waals surface area contributed by atoms with Gasteiger partial charge in [-0.3, -0.25) is 4.79 Å². The van der Waals surface area contributed by atoms with E-state index in [0.29, 0.717) is 23.4 Å². The lowest BCUT2D eigenvalue weighted by atomic mass is 10.2. The zero-order valence-electron chi connectivity index (χ0n) is 10.9. The number of H-pyrrole nitrogens is 1. The van der Waals surface area contributed by atoms with Crippen LogP contribution >= 0.6 is 27.3 Å². The Morgan fingerprint density at radius 1 is 1.43 bits per heavy atom. The first-order valence-corrected chi connectivity index (χ1v) is 8.01. The second-order valence-corrected chi connectivity index (χ2v) is 6.05. The third kappa shape index (κ3) is 3.25. The Labute approximate surface area is 133 Å². The summed E-state index contributed by atoms with van der Waals surface area (Å²) in [7, 11) is 0. The molecule has 0 fully saturated rings. The van der Waals surface area contributed by atoms with E-state index >= 15 is 0 Å². The number of halogens is 1. The average Bonchev–Trinajstić information content (AvgIpc) is 3.18. The first kappa shape index (κ1) is 14.1. The van der Waals surface area contributed by atoms with Crippen molar-refractivity contribution in [2.45, 2.75) is 6.42 Å². The number of aromatic amines is 1. The summed E-state index contributed by atoms with van der Waals surface area (Å²) in [5.74, 6) is 0.0721. The fourth-order valence-corrected chi connectivity index (χ4v) is 3.02. The standard InChI is InChI=1S/C14H12BrN3O2S/c15-12-4-3-10(20-12)14(19)16-6-5-9-13(18-8-17-9)11-2-1-7-21-11/h1-4,7-8H,5-6H2,(H,16,19)(H,17,18). The van der Waals surface area contributed by atoms with Crippen molar-refractivity contribution in [3.8, 4) is 10.6 Å². The van der Waals surface area contributed by atoms with Crippen LogP contribution in [0.2, 0.25) is 0 Å². The van der Waals surface area contributed by atoms with Gasteiger partial charge in [-0.15, -0.1) is 11.3 Å². The highest BCUT2D eigenvalue weighted by atomic mass is 79.9. The maximum absolute atomic E-state index is 11.9. The minimum absolute atomic E-state index is 0.224. The van der Waals surface area contributed by atoms with Crippen molar-refractivity contribution in [2.75, 3.05) is 6.54 Å². The smallest absolute Gasteiger partial charge is 0.287 e. The molecule has 0 aliphatic heterocycles. The number of hydrogen-bond acceptors (Lipinski definition) is 4. The molecule has 3 rings (SSSR count). The van der Waals surface area contributed by atoms with E-state index in [9.17, 15) is 4.79 Å². The number of nitrogens with one attached hydrogen (secondary N) is 2. The normalized spacial score (nSPS) is 10.7. The molecule has 1 amide bonds. The largest absolute Gasteiger partial charge is 0.444 e. The quantitative estimate of drug-likeness (QED) is 0.727. The molecule has 7 heteroatoms. The molecule has 5 nitrogen and oxygen atoms in total. The van der Waals surface area contributed by atoms with E-state index in [2.05, 4.69) is 31.2 Å². The lowest BCUT2D eigenvalue weighted by molar-refractivity contribution is 0.0925. The summed E-state index contributed by atoms with van der Waals surface area (Å²) < 4.78 is 5.74. The second-order valence-electron chi connectivity index (χ2n) is 4.32. The topological polar surface area (TPSA) is 70.9 Å². The molecule has 0 spiro atoms. The molecule has 3 aromatic heterocycles. The van der Waals surface area contributed by atoms with Crippen LogP contribution in [0.25, 0.3) is 10.6 Å². The average molecular weight is 366 g/mol. The fraction of sp³-hybridized carbons (Fsp3) is 0.143. The molecular weight excluding hydrogens is 354 g/mol. The van der Waals surface area contributed by atoms with Gasteiger partial charge in [0, 0.05) is 18.7 Å². The van der Waals surface area contributed by atoms with Crippen molar-refractivity contribution in [3.63, 3.8) is 0 Å². The highest BCUT2D eigenvalue weighted by Crippen LogP contribution is 2.25. The van der Waals surface area contributed by atoms with Crippen molar-refractivity contribution < 1.29 is 9.21 Å². The van der Waals surface area contributed by atoms with Crippen LogP contribution in [0, 0.1) is 0 Å². The minimum atomic E-state index is -0.224. The first-order valence-electron chi connectivity index (χ1n) is 6.33. The summed E-state index contributed by atoms with van der Waals surface area (Å²) in [5.41, 5.74) is 1.96. The third-order valence-electron chi connectivity index (χ3n) is 2.93. The Kier molecular flexibility index (Phi) is 4.21. The maximum atomic E-state index is 11.9. The molecule has 0 aliphatic rings. The number of hydrogen-bond donors (Lipinski definition) is 2. The lowest BCUT2D eigenvalue weighted by Crippen LogP contribution is -2.25. The SMILES string of the molecule is O=C(NCCc1[nH]cnc1-c1cccs1)c1ccc(Br)o1. The van der Waals surface area contributed by atoms with Gasteiger partial charge in [-0.25, -0.2) is 4.98 Å². The summed E-state index contributed by atoms with van der Waals surface area (Å²) in [4.78, 5) is 20.4. The van der Waals surface area contributed by atoms with Crippen molar-refractivity contribution >= 4 is 33.2 Å². The predicted octanol–water partition coefficient (Wildman–Crippen LogP) is 3.47. The summed E-state index contributed by atoms with van der Waals surface area (Å²) in [6.07, 6.45) is 2.36. The van der Waals surface area contributed by atoms with Gasteiger partial charge in [0.1, 0.15) is 5.69 Å². The molecule has 0 radical (unpaired) electrons. The Morgan fingerprint density at radius 2 is 2.33 bits per heavy atom. The van der Waals surface area contributed by atoms with Crippen LogP contribution in [-0.2, 0) is 6.42 Å². The van der Waals surface area contributed by atoms with Crippen molar-refractivity contribution in [1.82, 2.24) is 15.3 Å². The zero-order chi connectivity index (χ0) is 14.7. The summed E-state index contributed by atoms with van der Waals surface area (Å²) in [5, 5.41) is 4.84. The fourth-order valence-electron chi connectivity index (χ4n) is 1.96. The van der Waals surface area contributed by atoms with Gasteiger partial charge in [0.15, 0.2) is 10.4 Å². The van der Waals surface area contributed by atoms with Crippen LogP contribution in [0.3, 0.4) is 0 Å². The van der Waals surface area contributed by atoms with Crippen LogP contribution in [0.5, 0.6) is 0 Å². The zero-order valence-corrected chi connectivity index (χ0v) is 13.3. The van der Waals surface area contributed by atoms with Gasteiger partial charge in [-0.05, 0) is 39.5 Å². The number of furan rings is 1. The molecular formula is C14H12BrN3O2S. The van der Waals surface area contributed by atoms with Crippen LogP contribution < -0.4 is 5.32 Å². The molecule has 2 N–H and O–H groups in total. The number of aromatic nitrogens is 2. The van der Waals surface area contributed by atoms with Crippen LogP contribution in [-0.4, -0.2) is 22.4 Å². The lowest BCUT2D eigenvalue weighted by Gasteiger charge is -2.03. The van der Waals surface area contributed by atoms with Crippen molar-refractivity contribution in [3.05, 3.63) is 52.1 Å². The summed E-state index contributed by atoms with van der Waals surface area (Å²) >= 11 is 4.82. The van der Waals surface area contributed by atoms with Gasteiger partial charge in [-0.1, -0.05) is 6.07 Å². The summed E-state index contributed by atoms with van der Waals surface area (Å²) in [6, 6.07) is 7.35. The van der Waals surface area contributed by atoms with Gasteiger partial charge in [0.05, 0.1) is 11.2 Å². The Hall–Kier alpha value is -1.86.